The van der Waals surface area contributed by atoms with Crippen LogP contribution in [-0.4, -0.2) is 44.8 Å². The van der Waals surface area contributed by atoms with Crippen molar-refractivity contribution in [1.82, 2.24) is 15.3 Å². The fourth-order valence-corrected chi connectivity index (χ4v) is 4.48. The number of fused-ring (bicyclic) bond motifs is 1. The summed E-state index contributed by atoms with van der Waals surface area (Å²) >= 11 is 0. The lowest BCUT2D eigenvalue weighted by Gasteiger charge is -2.15. The van der Waals surface area contributed by atoms with E-state index in [1.807, 2.05) is 31.2 Å². The molecule has 2 aromatic heterocycles. The van der Waals surface area contributed by atoms with E-state index in [0.717, 1.165) is 33.9 Å². The maximum Gasteiger partial charge on any atom is 0.244 e. The van der Waals surface area contributed by atoms with Gasteiger partial charge in [-0.2, -0.15) is 0 Å². The number of hydrogen-bond acceptors (Lipinski definition) is 6. The number of methoxy groups -OCH3 is 2. The van der Waals surface area contributed by atoms with E-state index in [1.165, 1.54) is 6.08 Å². The van der Waals surface area contributed by atoms with Crippen LogP contribution in [0, 0.1) is 0 Å². The molecular formula is C27H28N4O5S. The van der Waals surface area contributed by atoms with E-state index in [4.69, 9.17) is 9.47 Å². The molecule has 0 aliphatic rings. The molecule has 0 spiro atoms. The van der Waals surface area contributed by atoms with E-state index in [9.17, 15) is 13.2 Å². The van der Waals surface area contributed by atoms with Crippen LogP contribution in [0.2, 0.25) is 0 Å². The number of carbonyl (C=O) groups excluding carboxylic acids is 1. The van der Waals surface area contributed by atoms with E-state index in [2.05, 4.69) is 20.0 Å². The van der Waals surface area contributed by atoms with Crippen LogP contribution in [0.1, 0.15) is 24.1 Å². The third-order valence-electron chi connectivity index (χ3n) is 5.74. The second-order valence-electron chi connectivity index (χ2n) is 8.50. The molecule has 0 unspecified atom stereocenters. The van der Waals surface area contributed by atoms with Crippen LogP contribution in [0.3, 0.4) is 0 Å². The van der Waals surface area contributed by atoms with Crippen molar-refractivity contribution < 1.29 is 22.7 Å². The molecule has 0 saturated carbocycles. The van der Waals surface area contributed by atoms with E-state index in [-0.39, 0.29) is 11.9 Å². The van der Waals surface area contributed by atoms with Crippen molar-refractivity contribution in [3.8, 4) is 22.6 Å². The molecule has 0 fully saturated rings. The van der Waals surface area contributed by atoms with Gasteiger partial charge < -0.3 is 19.8 Å². The largest absolute Gasteiger partial charge is 0.493 e. The van der Waals surface area contributed by atoms with Crippen LogP contribution in [0.15, 0.2) is 67.0 Å². The molecule has 0 saturated heterocycles. The Balaban J connectivity index is 1.52. The molecule has 0 bridgehead atoms. The molecule has 0 aliphatic heterocycles. The average Bonchev–Trinajstić information content (AvgIpc) is 3.28. The second-order valence-corrected chi connectivity index (χ2v) is 10.2. The lowest BCUT2D eigenvalue weighted by atomic mass is 10.0. The van der Waals surface area contributed by atoms with Gasteiger partial charge in [0.1, 0.15) is 5.65 Å². The normalized spacial score (nSPS) is 12.4. The highest BCUT2D eigenvalue weighted by molar-refractivity contribution is 7.92. The van der Waals surface area contributed by atoms with Crippen molar-refractivity contribution in [2.24, 2.45) is 0 Å². The van der Waals surface area contributed by atoms with Gasteiger partial charge in [-0.05, 0) is 54.5 Å². The maximum absolute atomic E-state index is 12.6. The van der Waals surface area contributed by atoms with Gasteiger partial charge in [0.2, 0.25) is 15.9 Å². The second kappa shape index (κ2) is 10.8. The molecule has 1 atom stereocenters. The van der Waals surface area contributed by atoms with Crippen molar-refractivity contribution in [1.29, 1.82) is 0 Å². The number of ether oxygens (including phenoxy) is 2. The summed E-state index contributed by atoms with van der Waals surface area (Å²) in [6.07, 6.45) is 7.80. The Bertz CT molecular complexity index is 1580. The lowest BCUT2D eigenvalue weighted by molar-refractivity contribution is -0.117. The van der Waals surface area contributed by atoms with E-state index < -0.39 is 10.0 Å². The smallest absolute Gasteiger partial charge is 0.244 e. The number of benzene rings is 2. The number of rotatable bonds is 9. The molecule has 192 valence electrons. The Labute approximate surface area is 215 Å². The third kappa shape index (κ3) is 6.28. The van der Waals surface area contributed by atoms with Crippen LogP contribution >= 0.6 is 0 Å². The summed E-state index contributed by atoms with van der Waals surface area (Å²) in [7, 11) is -0.246. The maximum atomic E-state index is 12.6. The molecule has 10 heteroatoms. The van der Waals surface area contributed by atoms with Gasteiger partial charge in [-0.3, -0.25) is 9.52 Å². The van der Waals surface area contributed by atoms with Crippen molar-refractivity contribution >= 4 is 38.7 Å². The topological polar surface area (TPSA) is 122 Å². The Morgan fingerprint density at radius 3 is 2.57 bits per heavy atom. The monoisotopic (exact) mass is 520 g/mol. The number of nitrogens with zero attached hydrogens (tertiary/aromatic N) is 1. The van der Waals surface area contributed by atoms with Gasteiger partial charge in [0.25, 0.3) is 0 Å². The van der Waals surface area contributed by atoms with Crippen LogP contribution in [-0.2, 0) is 14.8 Å². The minimum absolute atomic E-state index is 0.249. The van der Waals surface area contributed by atoms with Gasteiger partial charge in [-0.1, -0.05) is 18.2 Å². The summed E-state index contributed by atoms with van der Waals surface area (Å²) in [4.78, 5) is 20.2. The Morgan fingerprint density at radius 1 is 1.05 bits per heavy atom. The molecule has 9 nitrogen and oxygen atoms in total. The van der Waals surface area contributed by atoms with Crippen LogP contribution < -0.4 is 19.5 Å². The zero-order valence-corrected chi connectivity index (χ0v) is 21.7. The number of amides is 1. The number of nitrogens with one attached hydrogen (secondary N) is 3. The first-order valence-electron chi connectivity index (χ1n) is 11.4. The first-order valence-corrected chi connectivity index (χ1v) is 13.3. The van der Waals surface area contributed by atoms with Gasteiger partial charge in [-0.15, -0.1) is 0 Å². The average molecular weight is 521 g/mol. The molecule has 0 aliphatic carbocycles. The Hall–Kier alpha value is -4.31. The highest BCUT2D eigenvalue weighted by Crippen LogP contribution is 2.30. The molecule has 2 aromatic carbocycles. The number of carbonyl (C=O) groups is 1. The van der Waals surface area contributed by atoms with E-state index in [1.54, 1.807) is 57.0 Å². The van der Waals surface area contributed by atoms with Crippen molar-refractivity contribution in [2.45, 2.75) is 13.0 Å². The van der Waals surface area contributed by atoms with Gasteiger partial charge in [0, 0.05) is 40.7 Å². The predicted octanol–water partition coefficient (Wildman–Crippen LogP) is 4.51. The highest BCUT2D eigenvalue weighted by Gasteiger charge is 2.12. The highest BCUT2D eigenvalue weighted by atomic mass is 32.2. The predicted molar refractivity (Wildman–Crippen MR) is 145 cm³/mol. The van der Waals surface area contributed by atoms with Crippen LogP contribution in [0.25, 0.3) is 28.2 Å². The molecule has 0 radical (unpaired) electrons. The SMILES string of the molecule is COc1ccc([C@@H](C)NC(=O)/C=C/c2c[nH]c3ncc(-c4cccc(NS(C)(=O)=O)c4)cc23)cc1OC. The van der Waals surface area contributed by atoms with Crippen LogP contribution in [0.4, 0.5) is 5.69 Å². The molecule has 37 heavy (non-hydrogen) atoms. The molecular weight excluding hydrogens is 492 g/mol. The summed E-state index contributed by atoms with van der Waals surface area (Å²) in [6.45, 7) is 1.89. The van der Waals surface area contributed by atoms with Crippen LogP contribution in [0.5, 0.6) is 11.5 Å². The molecule has 3 N–H and O–H groups in total. The Kier molecular flexibility index (Phi) is 7.49. The lowest BCUT2D eigenvalue weighted by Crippen LogP contribution is -2.24. The summed E-state index contributed by atoms with van der Waals surface area (Å²) in [5.41, 5.74) is 4.44. The number of aromatic nitrogens is 2. The Morgan fingerprint density at radius 2 is 1.84 bits per heavy atom. The number of H-pyrrole nitrogens is 1. The van der Waals surface area contributed by atoms with Crippen molar-refractivity contribution in [2.75, 3.05) is 25.2 Å². The standard InChI is InChI=1S/C27H28N4O5S/c1-17(18-8-10-24(35-2)25(14-18)36-3)30-26(32)11-9-20-15-28-27-23(20)13-21(16-29-27)19-6-5-7-22(12-19)31-37(4,33)34/h5-17,31H,1-4H3,(H,28,29)(H,30,32)/b11-9+/t17-/m1/s1. The number of hydrogen-bond donors (Lipinski definition) is 3. The first-order chi connectivity index (χ1) is 17.7. The number of anilines is 1. The van der Waals surface area contributed by atoms with Gasteiger partial charge in [0.05, 0.1) is 26.5 Å². The van der Waals surface area contributed by atoms with Gasteiger partial charge in [0.15, 0.2) is 11.5 Å². The van der Waals surface area contributed by atoms with Gasteiger partial charge in [-0.25, -0.2) is 13.4 Å². The van der Waals surface area contributed by atoms with E-state index in [0.29, 0.717) is 22.8 Å². The summed E-state index contributed by atoms with van der Waals surface area (Å²) in [5.74, 6) is 0.965. The zero-order valence-electron chi connectivity index (χ0n) is 20.9. The molecule has 2 heterocycles. The number of pyridine rings is 1. The first kappa shape index (κ1) is 25.8. The summed E-state index contributed by atoms with van der Waals surface area (Å²) in [5, 5.41) is 3.78. The quantitative estimate of drug-likeness (QED) is 0.279. The molecule has 4 aromatic rings. The van der Waals surface area contributed by atoms with Crippen molar-refractivity contribution in [3.63, 3.8) is 0 Å². The summed E-state index contributed by atoms with van der Waals surface area (Å²) < 4.78 is 36.3. The zero-order chi connectivity index (χ0) is 26.6. The van der Waals surface area contributed by atoms with Gasteiger partial charge >= 0.3 is 0 Å². The van der Waals surface area contributed by atoms with E-state index >= 15 is 0 Å². The fraction of sp³-hybridized carbons (Fsp3) is 0.185. The van der Waals surface area contributed by atoms with Crippen molar-refractivity contribution in [3.05, 3.63) is 78.1 Å². The third-order valence-corrected chi connectivity index (χ3v) is 6.35. The number of aromatic amines is 1. The number of sulfonamides is 1. The molecule has 1 amide bonds. The summed E-state index contributed by atoms with van der Waals surface area (Å²) in [6, 6.07) is 14.3. The molecule has 4 rings (SSSR count). The fourth-order valence-electron chi connectivity index (χ4n) is 3.93. The minimum Gasteiger partial charge on any atom is -0.493 e. The minimum atomic E-state index is -3.39.